The Balaban J connectivity index is 2.17. The van der Waals surface area contributed by atoms with Crippen LogP contribution < -0.4 is 5.32 Å². The highest BCUT2D eigenvalue weighted by Crippen LogP contribution is 2.27. The second-order valence-electron chi connectivity index (χ2n) is 4.30. The van der Waals surface area contributed by atoms with Crippen LogP contribution in [0.15, 0.2) is 28.1 Å². The van der Waals surface area contributed by atoms with E-state index in [1.165, 1.54) is 4.88 Å². The summed E-state index contributed by atoms with van der Waals surface area (Å²) in [5, 5.41) is 16.2. The third-order valence-electron chi connectivity index (χ3n) is 2.81. The van der Waals surface area contributed by atoms with Gasteiger partial charge in [0, 0.05) is 38.6 Å². The number of nitrogens with zero attached hydrogens (tertiary/aromatic N) is 1. The monoisotopic (exact) mass is 340 g/mol. The number of nitro benzene ring substituents is 1. The molecular formula is C13H13BrN2O2S. The Kier molecular flexibility index (Phi) is 4.21. The smallest absolute Gasteiger partial charge is 0.272 e. The van der Waals surface area contributed by atoms with Gasteiger partial charge in [0.05, 0.1) is 4.92 Å². The van der Waals surface area contributed by atoms with Crippen LogP contribution in [0.4, 0.5) is 11.4 Å². The number of hydrogen-bond acceptors (Lipinski definition) is 4. The Bertz CT molecular complexity index is 625. The van der Waals surface area contributed by atoms with Gasteiger partial charge in [0.25, 0.3) is 5.69 Å². The van der Waals surface area contributed by atoms with Gasteiger partial charge in [-0.2, -0.15) is 0 Å². The zero-order chi connectivity index (χ0) is 14.0. The standard InChI is InChI=1S/C13H13BrN2O2S/c1-8-4-13(16(17)18)9(2)3-12(8)15-6-11-5-10(14)7-19-11/h3-5,7,15H,6H2,1-2H3. The molecule has 0 aliphatic rings. The molecule has 19 heavy (non-hydrogen) atoms. The maximum Gasteiger partial charge on any atom is 0.272 e. The number of aryl methyl sites for hydroxylation is 2. The van der Waals surface area contributed by atoms with Crippen molar-refractivity contribution in [2.45, 2.75) is 20.4 Å². The van der Waals surface area contributed by atoms with E-state index >= 15 is 0 Å². The summed E-state index contributed by atoms with van der Waals surface area (Å²) in [7, 11) is 0. The van der Waals surface area contributed by atoms with Crippen molar-refractivity contribution in [3.05, 3.63) is 54.2 Å². The number of thiophene rings is 1. The fraction of sp³-hybridized carbons (Fsp3) is 0.231. The first-order valence-corrected chi connectivity index (χ1v) is 7.37. The number of nitrogens with one attached hydrogen (secondary N) is 1. The second-order valence-corrected chi connectivity index (χ2v) is 6.21. The SMILES string of the molecule is Cc1cc([N+](=O)[O-])c(C)cc1NCc1cc(Br)cs1. The van der Waals surface area contributed by atoms with E-state index in [1.807, 2.05) is 18.4 Å². The minimum absolute atomic E-state index is 0.168. The van der Waals surface area contributed by atoms with Gasteiger partial charge in [-0.25, -0.2) is 0 Å². The van der Waals surface area contributed by atoms with Crippen LogP contribution in [0.5, 0.6) is 0 Å². The number of halogens is 1. The van der Waals surface area contributed by atoms with Crippen molar-refractivity contribution in [3.63, 3.8) is 0 Å². The lowest BCUT2D eigenvalue weighted by Gasteiger charge is -2.10. The Hall–Kier alpha value is -1.40. The normalized spacial score (nSPS) is 10.5. The summed E-state index contributed by atoms with van der Waals surface area (Å²) in [5.74, 6) is 0. The number of anilines is 1. The molecule has 0 amide bonds. The molecule has 0 bridgehead atoms. The van der Waals surface area contributed by atoms with Crippen molar-refractivity contribution >= 4 is 38.6 Å². The van der Waals surface area contributed by atoms with Crippen LogP contribution in [0, 0.1) is 24.0 Å². The number of rotatable bonds is 4. The van der Waals surface area contributed by atoms with Crippen molar-refractivity contribution < 1.29 is 4.92 Å². The summed E-state index contributed by atoms with van der Waals surface area (Å²) in [6.07, 6.45) is 0. The largest absolute Gasteiger partial charge is 0.380 e. The minimum Gasteiger partial charge on any atom is -0.380 e. The van der Waals surface area contributed by atoms with Gasteiger partial charge in [-0.05, 0) is 47.5 Å². The molecule has 2 aromatic rings. The minimum atomic E-state index is -0.345. The average molecular weight is 341 g/mol. The van der Waals surface area contributed by atoms with Crippen molar-refractivity contribution in [2.75, 3.05) is 5.32 Å². The van der Waals surface area contributed by atoms with E-state index in [0.717, 1.165) is 15.7 Å². The molecule has 0 saturated heterocycles. The highest BCUT2D eigenvalue weighted by Gasteiger charge is 2.13. The maximum atomic E-state index is 10.8. The molecule has 1 aromatic heterocycles. The molecule has 0 atom stereocenters. The summed E-state index contributed by atoms with van der Waals surface area (Å²) in [6, 6.07) is 5.50. The van der Waals surface area contributed by atoms with Crippen LogP contribution in [0.1, 0.15) is 16.0 Å². The van der Waals surface area contributed by atoms with Gasteiger partial charge in [0.15, 0.2) is 0 Å². The molecule has 1 aromatic carbocycles. The number of nitro groups is 1. The average Bonchev–Trinajstić information content (AvgIpc) is 2.75. The quantitative estimate of drug-likeness (QED) is 0.651. The highest BCUT2D eigenvalue weighted by atomic mass is 79.9. The Morgan fingerprint density at radius 2 is 2.05 bits per heavy atom. The van der Waals surface area contributed by atoms with Crippen molar-refractivity contribution in [2.24, 2.45) is 0 Å². The van der Waals surface area contributed by atoms with Crippen molar-refractivity contribution in [1.82, 2.24) is 0 Å². The number of benzene rings is 1. The molecule has 0 saturated carbocycles. The van der Waals surface area contributed by atoms with Gasteiger partial charge in [0.2, 0.25) is 0 Å². The molecule has 0 aliphatic carbocycles. The second kappa shape index (κ2) is 5.71. The lowest BCUT2D eigenvalue weighted by Crippen LogP contribution is -2.01. The first kappa shape index (κ1) is 14.0. The molecule has 100 valence electrons. The van der Waals surface area contributed by atoms with Crippen molar-refractivity contribution in [3.8, 4) is 0 Å². The van der Waals surface area contributed by atoms with Crippen LogP contribution in [0.2, 0.25) is 0 Å². The van der Waals surface area contributed by atoms with Gasteiger partial charge in [-0.1, -0.05) is 0 Å². The molecule has 0 radical (unpaired) electrons. The third kappa shape index (κ3) is 3.33. The van der Waals surface area contributed by atoms with Crippen LogP contribution >= 0.6 is 27.3 Å². The third-order valence-corrected chi connectivity index (χ3v) is 4.51. The predicted molar refractivity (Wildman–Crippen MR) is 81.9 cm³/mol. The van der Waals surface area contributed by atoms with E-state index in [2.05, 4.69) is 27.3 Å². The molecule has 1 heterocycles. The topological polar surface area (TPSA) is 55.2 Å². The molecule has 0 unspecified atom stereocenters. The lowest BCUT2D eigenvalue weighted by molar-refractivity contribution is -0.385. The molecule has 1 N–H and O–H groups in total. The van der Waals surface area contributed by atoms with E-state index in [9.17, 15) is 10.1 Å². The molecule has 2 rings (SSSR count). The fourth-order valence-corrected chi connectivity index (χ4v) is 3.21. The Morgan fingerprint density at radius 1 is 1.32 bits per heavy atom. The predicted octanol–water partition coefficient (Wildman–Crippen LogP) is 4.65. The van der Waals surface area contributed by atoms with Crippen LogP contribution in [-0.4, -0.2) is 4.92 Å². The summed E-state index contributed by atoms with van der Waals surface area (Å²) in [4.78, 5) is 11.7. The zero-order valence-electron chi connectivity index (χ0n) is 10.6. The van der Waals surface area contributed by atoms with Gasteiger partial charge < -0.3 is 5.32 Å². The Labute approximate surface area is 123 Å². The summed E-state index contributed by atoms with van der Waals surface area (Å²) < 4.78 is 1.07. The molecule has 0 aliphatic heterocycles. The maximum absolute atomic E-state index is 10.8. The van der Waals surface area contributed by atoms with Crippen LogP contribution in [0.3, 0.4) is 0 Å². The summed E-state index contributed by atoms with van der Waals surface area (Å²) >= 11 is 5.09. The van der Waals surface area contributed by atoms with Gasteiger partial charge in [-0.3, -0.25) is 10.1 Å². The summed E-state index contributed by atoms with van der Waals surface area (Å²) in [6.45, 7) is 4.35. The Morgan fingerprint density at radius 3 is 2.63 bits per heavy atom. The summed E-state index contributed by atoms with van der Waals surface area (Å²) in [5.41, 5.74) is 2.66. The van der Waals surface area contributed by atoms with E-state index < -0.39 is 0 Å². The molecule has 0 fully saturated rings. The fourth-order valence-electron chi connectivity index (χ4n) is 1.82. The zero-order valence-corrected chi connectivity index (χ0v) is 13.0. The molecular weight excluding hydrogens is 328 g/mol. The molecule has 6 heteroatoms. The molecule has 0 spiro atoms. The number of hydrogen-bond donors (Lipinski definition) is 1. The van der Waals surface area contributed by atoms with Crippen LogP contribution in [-0.2, 0) is 6.54 Å². The van der Waals surface area contributed by atoms with Gasteiger partial charge in [-0.15, -0.1) is 11.3 Å². The van der Waals surface area contributed by atoms with Crippen LogP contribution in [0.25, 0.3) is 0 Å². The van der Waals surface area contributed by atoms with Gasteiger partial charge in [0.1, 0.15) is 0 Å². The van der Waals surface area contributed by atoms with Crippen molar-refractivity contribution in [1.29, 1.82) is 0 Å². The van der Waals surface area contributed by atoms with Gasteiger partial charge >= 0.3 is 0 Å². The highest BCUT2D eigenvalue weighted by molar-refractivity contribution is 9.10. The van der Waals surface area contributed by atoms with E-state index in [0.29, 0.717) is 12.1 Å². The molecule has 4 nitrogen and oxygen atoms in total. The van der Waals surface area contributed by atoms with E-state index in [-0.39, 0.29) is 10.6 Å². The lowest BCUT2D eigenvalue weighted by atomic mass is 10.1. The first-order chi connectivity index (χ1) is 8.97. The van der Waals surface area contributed by atoms with E-state index in [1.54, 1.807) is 24.3 Å². The van der Waals surface area contributed by atoms with E-state index in [4.69, 9.17) is 0 Å². The first-order valence-electron chi connectivity index (χ1n) is 5.70.